The van der Waals surface area contributed by atoms with Crippen LogP contribution in [0.25, 0.3) is 0 Å². The molecule has 130 valence electrons. The van der Waals surface area contributed by atoms with Gasteiger partial charge in [0.2, 0.25) is 0 Å². The van der Waals surface area contributed by atoms with Gasteiger partial charge in [-0.25, -0.2) is 0 Å². The molecule has 5 heteroatoms. The van der Waals surface area contributed by atoms with Crippen LogP contribution in [-0.2, 0) is 6.54 Å². The van der Waals surface area contributed by atoms with Crippen LogP contribution in [0.1, 0.15) is 29.8 Å². The van der Waals surface area contributed by atoms with E-state index in [0.29, 0.717) is 36.8 Å². The van der Waals surface area contributed by atoms with Crippen LogP contribution in [0.15, 0.2) is 48.5 Å². The standard InChI is InChI=1S/C20H22N2O3/c1-3-24-18-11-10-17(14-19(18)25-4-2)20(23)22(13-12-21)15-16-8-6-5-7-9-16/h5-11,14H,3-4,13,15H2,1-2H3. The maximum Gasteiger partial charge on any atom is 0.255 e. The number of hydrogen-bond acceptors (Lipinski definition) is 4. The summed E-state index contributed by atoms with van der Waals surface area (Å²) in [6.45, 7) is 5.16. The van der Waals surface area contributed by atoms with E-state index < -0.39 is 0 Å². The zero-order valence-corrected chi connectivity index (χ0v) is 14.6. The molecule has 0 saturated carbocycles. The summed E-state index contributed by atoms with van der Waals surface area (Å²) in [5.41, 5.74) is 1.44. The molecule has 2 aromatic carbocycles. The third-order valence-corrected chi connectivity index (χ3v) is 3.56. The van der Waals surface area contributed by atoms with Gasteiger partial charge in [-0.05, 0) is 37.6 Å². The van der Waals surface area contributed by atoms with Crippen molar-refractivity contribution in [1.29, 1.82) is 5.26 Å². The Morgan fingerprint density at radius 2 is 1.72 bits per heavy atom. The number of nitriles is 1. The zero-order chi connectivity index (χ0) is 18.1. The fourth-order valence-electron chi connectivity index (χ4n) is 2.46. The normalized spacial score (nSPS) is 9.96. The number of carbonyl (C=O) groups is 1. The highest BCUT2D eigenvalue weighted by molar-refractivity contribution is 5.95. The largest absolute Gasteiger partial charge is 0.490 e. The van der Waals surface area contributed by atoms with E-state index in [1.54, 1.807) is 18.2 Å². The molecular formula is C20H22N2O3. The van der Waals surface area contributed by atoms with Crippen LogP contribution in [-0.4, -0.2) is 30.6 Å². The second-order valence-electron chi connectivity index (χ2n) is 5.33. The van der Waals surface area contributed by atoms with Crippen molar-refractivity contribution < 1.29 is 14.3 Å². The Morgan fingerprint density at radius 1 is 1.04 bits per heavy atom. The molecule has 0 aliphatic rings. The van der Waals surface area contributed by atoms with Crippen molar-refractivity contribution in [3.8, 4) is 17.6 Å². The Labute approximate surface area is 148 Å². The molecule has 25 heavy (non-hydrogen) atoms. The number of nitrogens with zero attached hydrogens (tertiary/aromatic N) is 2. The van der Waals surface area contributed by atoms with Crippen LogP contribution >= 0.6 is 0 Å². The van der Waals surface area contributed by atoms with Gasteiger partial charge < -0.3 is 14.4 Å². The van der Waals surface area contributed by atoms with Crippen molar-refractivity contribution >= 4 is 5.91 Å². The predicted octanol–water partition coefficient (Wildman–Crippen LogP) is 3.65. The van der Waals surface area contributed by atoms with Crippen molar-refractivity contribution in [1.82, 2.24) is 4.90 Å². The van der Waals surface area contributed by atoms with Gasteiger partial charge in [0.15, 0.2) is 11.5 Å². The summed E-state index contributed by atoms with van der Waals surface area (Å²) in [4.78, 5) is 14.4. The lowest BCUT2D eigenvalue weighted by atomic mass is 10.1. The molecule has 0 heterocycles. The monoisotopic (exact) mass is 338 g/mol. The van der Waals surface area contributed by atoms with Gasteiger partial charge >= 0.3 is 0 Å². The second-order valence-corrected chi connectivity index (χ2v) is 5.33. The summed E-state index contributed by atoms with van der Waals surface area (Å²) in [6.07, 6.45) is 0. The van der Waals surface area contributed by atoms with Crippen LogP contribution in [0.2, 0.25) is 0 Å². The first kappa shape index (κ1) is 18.3. The minimum absolute atomic E-state index is 0.0188. The Morgan fingerprint density at radius 3 is 2.36 bits per heavy atom. The Balaban J connectivity index is 2.26. The van der Waals surface area contributed by atoms with Crippen molar-refractivity contribution in [3.05, 3.63) is 59.7 Å². The molecular weight excluding hydrogens is 316 g/mol. The van der Waals surface area contributed by atoms with Crippen molar-refractivity contribution in [2.45, 2.75) is 20.4 Å². The number of rotatable bonds is 8. The van der Waals surface area contributed by atoms with Crippen LogP contribution in [0.5, 0.6) is 11.5 Å². The molecule has 0 unspecified atom stereocenters. The second kappa shape index (κ2) is 9.33. The van der Waals surface area contributed by atoms with Crippen LogP contribution in [0.4, 0.5) is 0 Å². The smallest absolute Gasteiger partial charge is 0.255 e. The number of amides is 1. The average molecular weight is 338 g/mol. The van der Waals surface area contributed by atoms with Gasteiger partial charge in [0, 0.05) is 12.1 Å². The van der Waals surface area contributed by atoms with Gasteiger partial charge in [-0.2, -0.15) is 5.26 Å². The molecule has 0 fully saturated rings. The van der Waals surface area contributed by atoms with Gasteiger partial charge in [-0.1, -0.05) is 30.3 Å². The predicted molar refractivity (Wildman–Crippen MR) is 95.6 cm³/mol. The maximum absolute atomic E-state index is 12.8. The highest BCUT2D eigenvalue weighted by atomic mass is 16.5. The van der Waals surface area contributed by atoms with E-state index in [4.69, 9.17) is 14.7 Å². The zero-order valence-electron chi connectivity index (χ0n) is 14.6. The summed E-state index contributed by atoms with van der Waals surface area (Å²) < 4.78 is 11.1. The molecule has 0 aromatic heterocycles. The van der Waals surface area contributed by atoms with Gasteiger partial charge in [0.05, 0.1) is 19.3 Å². The number of benzene rings is 2. The third kappa shape index (κ3) is 4.98. The number of carbonyl (C=O) groups excluding carboxylic acids is 1. The molecule has 0 spiro atoms. The molecule has 0 atom stereocenters. The Kier molecular flexibility index (Phi) is 6.85. The molecule has 2 aromatic rings. The van der Waals surface area contributed by atoms with E-state index in [9.17, 15) is 4.79 Å². The van der Waals surface area contributed by atoms with Crippen molar-refractivity contribution in [2.24, 2.45) is 0 Å². The van der Waals surface area contributed by atoms with Gasteiger partial charge in [-0.3, -0.25) is 4.79 Å². The molecule has 0 aliphatic heterocycles. The number of hydrogen-bond donors (Lipinski definition) is 0. The quantitative estimate of drug-likeness (QED) is 0.689. The SMILES string of the molecule is CCOc1ccc(C(=O)N(CC#N)Cc2ccccc2)cc1OCC. The molecule has 0 N–H and O–H groups in total. The van der Waals surface area contributed by atoms with E-state index in [1.807, 2.05) is 44.2 Å². The van der Waals surface area contributed by atoms with Gasteiger partial charge in [-0.15, -0.1) is 0 Å². The maximum atomic E-state index is 12.8. The molecule has 2 rings (SSSR count). The summed E-state index contributed by atoms with van der Waals surface area (Å²) in [5, 5.41) is 9.07. The first-order chi connectivity index (χ1) is 12.2. The fraction of sp³-hybridized carbons (Fsp3) is 0.300. The summed E-state index contributed by atoms with van der Waals surface area (Å²) in [7, 11) is 0. The van der Waals surface area contributed by atoms with Crippen LogP contribution in [0, 0.1) is 11.3 Å². The van der Waals surface area contributed by atoms with E-state index in [2.05, 4.69) is 6.07 Å². The summed E-state index contributed by atoms with van der Waals surface area (Å²) in [5.74, 6) is 0.928. The van der Waals surface area contributed by atoms with E-state index >= 15 is 0 Å². The lowest BCUT2D eigenvalue weighted by Crippen LogP contribution is -2.31. The van der Waals surface area contributed by atoms with E-state index in [1.165, 1.54) is 4.90 Å². The minimum atomic E-state index is -0.214. The summed E-state index contributed by atoms with van der Waals surface area (Å²) in [6, 6.07) is 16.8. The molecule has 0 aliphatic carbocycles. The first-order valence-electron chi connectivity index (χ1n) is 8.29. The van der Waals surface area contributed by atoms with E-state index in [-0.39, 0.29) is 12.5 Å². The van der Waals surface area contributed by atoms with Gasteiger partial charge in [0.1, 0.15) is 6.54 Å². The molecule has 1 amide bonds. The molecule has 0 saturated heterocycles. The van der Waals surface area contributed by atoms with Gasteiger partial charge in [0.25, 0.3) is 5.91 Å². The van der Waals surface area contributed by atoms with Crippen LogP contribution in [0.3, 0.4) is 0 Å². The molecule has 0 radical (unpaired) electrons. The lowest BCUT2D eigenvalue weighted by molar-refractivity contribution is 0.0764. The highest BCUT2D eigenvalue weighted by Gasteiger charge is 2.18. The highest BCUT2D eigenvalue weighted by Crippen LogP contribution is 2.29. The lowest BCUT2D eigenvalue weighted by Gasteiger charge is -2.20. The van der Waals surface area contributed by atoms with Crippen molar-refractivity contribution in [3.63, 3.8) is 0 Å². The average Bonchev–Trinajstić information content (AvgIpc) is 2.63. The molecule has 5 nitrogen and oxygen atoms in total. The topological polar surface area (TPSA) is 62.6 Å². The Hall–Kier alpha value is -3.00. The Bertz CT molecular complexity index is 738. The minimum Gasteiger partial charge on any atom is -0.490 e. The fourth-order valence-corrected chi connectivity index (χ4v) is 2.46. The third-order valence-electron chi connectivity index (χ3n) is 3.56. The van der Waals surface area contributed by atoms with E-state index in [0.717, 1.165) is 5.56 Å². The first-order valence-corrected chi connectivity index (χ1v) is 8.29. The van der Waals surface area contributed by atoms with Crippen LogP contribution < -0.4 is 9.47 Å². The molecule has 0 bridgehead atoms. The summed E-state index contributed by atoms with van der Waals surface area (Å²) >= 11 is 0. The number of ether oxygens (including phenoxy) is 2. The van der Waals surface area contributed by atoms with Crippen molar-refractivity contribution in [2.75, 3.05) is 19.8 Å².